The minimum atomic E-state index is 0.0844. The number of aromatic nitrogens is 4. The van der Waals surface area contributed by atoms with Gasteiger partial charge in [-0.2, -0.15) is 5.10 Å². The zero-order chi connectivity index (χ0) is 21.8. The molecule has 0 radical (unpaired) electrons. The zero-order valence-electron chi connectivity index (χ0n) is 17.9. The van der Waals surface area contributed by atoms with E-state index in [0.717, 1.165) is 44.5 Å². The molecule has 1 amide bonds. The minimum Gasteiger partial charge on any atom is -0.339 e. The van der Waals surface area contributed by atoms with Gasteiger partial charge in [-0.25, -0.2) is 14.5 Å². The standard InChI is InChI=1S/C25H26N6O/c32-24(21-6-1-8-22(18-21)29-25-26-11-4-12-27-25)30-14-2-5-19(10-16-30)17-20-7-3-15-31-23(20)9-13-28-31/h1,3-4,6-9,11-13,15,18-19H,2,5,10,14,16-17H2,(H,26,27,29). The van der Waals surface area contributed by atoms with Crippen LogP contribution in [-0.2, 0) is 6.42 Å². The molecular weight excluding hydrogens is 400 g/mol. The number of pyridine rings is 1. The first kappa shape index (κ1) is 20.2. The van der Waals surface area contributed by atoms with Crippen molar-refractivity contribution < 1.29 is 4.79 Å². The number of hydrogen-bond donors (Lipinski definition) is 1. The summed E-state index contributed by atoms with van der Waals surface area (Å²) in [7, 11) is 0. The molecule has 3 aromatic heterocycles. The summed E-state index contributed by atoms with van der Waals surface area (Å²) in [4.78, 5) is 23.6. The predicted molar refractivity (Wildman–Crippen MR) is 124 cm³/mol. The fourth-order valence-electron chi connectivity index (χ4n) is 4.47. The van der Waals surface area contributed by atoms with E-state index in [-0.39, 0.29) is 5.91 Å². The van der Waals surface area contributed by atoms with Crippen LogP contribution in [0, 0.1) is 5.92 Å². The summed E-state index contributed by atoms with van der Waals surface area (Å²) in [6.07, 6.45) is 11.4. The Labute approximate surface area is 187 Å². The number of amides is 1. The number of anilines is 2. The van der Waals surface area contributed by atoms with Gasteiger partial charge in [0.25, 0.3) is 5.91 Å². The number of nitrogens with one attached hydrogen (secondary N) is 1. The maximum Gasteiger partial charge on any atom is 0.253 e. The van der Waals surface area contributed by atoms with E-state index in [0.29, 0.717) is 17.4 Å². The first-order chi connectivity index (χ1) is 15.8. The van der Waals surface area contributed by atoms with Crippen molar-refractivity contribution in [1.29, 1.82) is 0 Å². The average molecular weight is 427 g/mol. The molecule has 1 atom stereocenters. The van der Waals surface area contributed by atoms with Gasteiger partial charge in [0.15, 0.2) is 0 Å². The number of carbonyl (C=O) groups is 1. The first-order valence-corrected chi connectivity index (χ1v) is 11.1. The van der Waals surface area contributed by atoms with Crippen molar-refractivity contribution >= 4 is 23.1 Å². The molecule has 5 rings (SSSR count). The van der Waals surface area contributed by atoms with Crippen molar-refractivity contribution in [1.82, 2.24) is 24.5 Å². The van der Waals surface area contributed by atoms with Crippen LogP contribution in [0.1, 0.15) is 35.2 Å². The summed E-state index contributed by atoms with van der Waals surface area (Å²) in [5.74, 6) is 1.17. The van der Waals surface area contributed by atoms with Crippen LogP contribution >= 0.6 is 0 Å². The van der Waals surface area contributed by atoms with Gasteiger partial charge >= 0.3 is 0 Å². The molecule has 0 bridgehead atoms. The highest BCUT2D eigenvalue weighted by Gasteiger charge is 2.22. The van der Waals surface area contributed by atoms with Crippen molar-refractivity contribution in [2.75, 3.05) is 18.4 Å². The molecule has 1 saturated heterocycles. The van der Waals surface area contributed by atoms with Crippen molar-refractivity contribution in [2.24, 2.45) is 5.92 Å². The lowest BCUT2D eigenvalue weighted by Crippen LogP contribution is -2.32. The monoisotopic (exact) mass is 426 g/mol. The molecule has 4 aromatic rings. The largest absolute Gasteiger partial charge is 0.339 e. The first-order valence-electron chi connectivity index (χ1n) is 11.1. The summed E-state index contributed by atoms with van der Waals surface area (Å²) in [5, 5.41) is 7.51. The van der Waals surface area contributed by atoms with Crippen molar-refractivity contribution in [3.05, 3.63) is 84.4 Å². The maximum atomic E-state index is 13.2. The Morgan fingerprint density at radius 3 is 2.81 bits per heavy atom. The Balaban J connectivity index is 1.24. The van der Waals surface area contributed by atoms with Crippen LogP contribution in [0.5, 0.6) is 0 Å². The summed E-state index contributed by atoms with van der Waals surface area (Å²) >= 11 is 0. The molecule has 7 nitrogen and oxygen atoms in total. The van der Waals surface area contributed by atoms with E-state index < -0.39 is 0 Å². The lowest BCUT2D eigenvalue weighted by Gasteiger charge is -2.21. The van der Waals surface area contributed by atoms with Gasteiger partial charge in [-0.15, -0.1) is 0 Å². The highest BCUT2D eigenvalue weighted by molar-refractivity contribution is 5.95. The Kier molecular flexibility index (Phi) is 5.79. The van der Waals surface area contributed by atoms with Crippen LogP contribution in [0.3, 0.4) is 0 Å². The van der Waals surface area contributed by atoms with Crippen LogP contribution in [0.15, 0.2) is 73.3 Å². The molecule has 4 heterocycles. The molecule has 1 fully saturated rings. The Morgan fingerprint density at radius 1 is 1.00 bits per heavy atom. The summed E-state index contributed by atoms with van der Waals surface area (Å²) in [6.45, 7) is 1.58. The van der Waals surface area contributed by atoms with E-state index in [9.17, 15) is 4.79 Å². The van der Waals surface area contributed by atoms with Gasteiger partial charge in [0.2, 0.25) is 5.95 Å². The van der Waals surface area contributed by atoms with Crippen LogP contribution in [0.2, 0.25) is 0 Å². The molecular formula is C25H26N6O. The molecule has 1 unspecified atom stereocenters. The number of nitrogens with zero attached hydrogens (tertiary/aromatic N) is 5. The molecule has 1 aromatic carbocycles. The van der Waals surface area contributed by atoms with E-state index in [4.69, 9.17) is 0 Å². The summed E-state index contributed by atoms with van der Waals surface area (Å²) in [5.41, 5.74) is 4.00. The van der Waals surface area contributed by atoms with E-state index >= 15 is 0 Å². The lowest BCUT2D eigenvalue weighted by atomic mass is 9.92. The van der Waals surface area contributed by atoms with Crippen LogP contribution < -0.4 is 5.32 Å². The van der Waals surface area contributed by atoms with E-state index in [1.807, 2.05) is 46.1 Å². The number of likely N-dealkylation sites (tertiary alicyclic amines) is 1. The Morgan fingerprint density at radius 2 is 1.91 bits per heavy atom. The molecule has 1 aliphatic heterocycles. The topological polar surface area (TPSA) is 75.4 Å². The maximum absolute atomic E-state index is 13.2. The van der Waals surface area contributed by atoms with E-state index in [2.05, 4.69) is 38.6 Å². The highest BCUT2D eigenvalue weighted by Crippen LogP contribution is 2.25. The number of carbonyl (C=O) groups excluding carboxylic acids is 1. The van der Waals surface area contributed by atoms with E-state index in [1.165, 1.54) is 11.1 Å². The van der Waals surface area contributed by atoms with Gasteiger partial charge in [-0.05, 0) is 73.6 Å². The van der Waals surface area contributed by atoms with Crippen molar-refractivity contribution in [3.8, 4) is 0 Å². The molecule has 0 aliphatic carbocycles. The lowest BCUT2D eigenvalue weighted by molar-refractivity contribution is 0.0760. The second-order valence-electron chi connectivity index (χ2n) is 8.27. The third kappa shape index (κ3) is 4.46. The molecule has 1 N–H and O–H groups in total. The molecule has 7 heteroatoms. The Hall–Kier alpha value is -3.74. The van der Waals surface area contributed by atoms with Crippen molar-refractivity contribution in [3.63, 3.8) is 0 Å². The second kappa shape index (κ2) is 9.18. The smallest absolute Gasteiger partial charge is 0.253 e. The molecule has 0 saturated carbocycles. The average Bonchev–Trinajstić information content (AvgIpc) is 3.20. The highest BCUT2D eigenvalue weighted by atomic mass is 16.2. The second-order valence-corrected chi connectivity index (χ2v) is 8.27. The summed E-state index contributed by atoms with van der Waals surface area (Å²) in [6, 6.07) is 15.7. The fourth-order valence-corrected chi connectivity index (χ4v) is 4.47. The quantitative estimate of drug-likeness (QED) is 0.513. The zero-order valence-corrected chi connectivity index (χ0v) is 17.9. The number of rotatable bonds is 5. The van der Waals surface area contributed by atoms with Gasteiger partial charge in [0, 0.05) is 49.1 Å². The van der Waals surface area contributed by atoms with Gasteiger partial charge in [0.05, 0.1) is 5.52 Å². The minimum absolute atomic E-state index is 0.0844. The normalized spacial score (nSPS) is 16.6. The third-order valence-electron chi connectivity index (χ3n) is 6.10. The SMILES string of the molecule is O=C(c1cccc(Nc2ncccn2)c1)N1CCCC(Cc2cccn3nccc23)CC1. The number of benzene rings is 1. The fraction of sp³-hybridized carbons (Fsp3) is 0.280. The molecule has 162 valence electrons. The summed E-state index contributed by atoms with van der Waals surface area (Å²) < 4.78 is 1.93. The Bertz CT molecular complexity index is 1210. The van der Waals surface area contributed by atoms with Gasteiger partial charge in [-0.3, -0.25) is 4.79 Å². The van der Waals surface area contributed by atoms with Crippen LogP contribution in [-0.4, -0.2) is 43.5 Å². The molecule has 32 heavy (non-hydrogen) atoms. The van der Waals surface area contributed by atoms with Gasteiger partial charge in [0.1, 0.15) is 0 Å². The number of hydrogen-bond acceptors (Lipinski definition) is 5. The van der Waals surface area contributed by atoms with Crippen LogP contribution in [0.4, 0.5) is 11.6 Å². The predicted octanol–water partition coefficient (Wildman–Crippen LogP) is 4.35. The van der Waals surface area contributed by atoms with E-state index in [1.54, 1.807) is 18.5 Å². The molecule has 0 spiro atoms. The van der Waals surface area contributed by atoms with Crippen LogP contribution in [0.25, 0.3) is 5.52 Å². The number of fused-ring (bicyclic) bond motifs is 1. The van der Waals surface area contributed by atoms with Crippen molar-refractivity contribution in [2.45, 2.75) is 25.7 Å². The van der Waals surface area contributed by atoms with Gasteiger partial charge < -0.3 is 10.2 Å². The third-order valence-corrected chi connectivity index (χ3v) is 6.10. The van der Waals surface area contributed by atoms with Gasteiger partial charge in [-0.1, -0.05) is 12.1 Å². The molecule has 1 aliphatic rings.